The average molecular weight is 419 g/mol. The van der Waals surface area contributed by atoms with Crippen molar-refractivity contribution < 1.29 is 0 Å². The van der Waals surface area contributed by atoms with Crippen molar-refractivity contribution in [3.8, 4) is 22.5 Å². The number of fused-ring (bicyclic) bond motifs is 2. The van der Waals surface area contributed by atoms with Gasteiger partial charge in [0.1, 0.15) is 16.9 Å². The van der Waals surface area contributed by atoms with Gasteiger partial charge in [-0.3, -0.25) is 10.1 Å². The van der Waals surface area contributed by atoms with Crippen molar-refractivity contribution in [2.75, 3.05) is 0 Å². The predicted molar refractivity (Wildman–Crippen MR) is 128 cm³/mol. The topological polar surface area (TPSA) is 109 Å². The van der Waals surface area contributed by atoms with Crippen molar-refractivity contribution in [3.63, 3.8) is 0 Å². The Labute approximate surface area is 184 Å². The first kappa shape index (κ1) is 19.4. The monoisotopic (exact) mass is 419 g/mol. The molecule has 0 aromatic carbocycles. The molecule has 7 nitrogen and oxygen atoms in total. The largest absolute Gasteiger partial charge is 0.399 e. The van der Waals surface area contributed by atoms with Crippen LogP contribution in [0, 0.1) is 0 Å². The fourth-order valence-electron chi connectivity index (χ4n) is 3.72. The van der Waals surface area contributed by atoms with Crippen molar-refractivity contribution in [2.45, 2.75) is 6.92 Å². The number of nitrogens with one attached hydrogen (secondary N) is 2. The highest BCUT2D eigenvalue weighted by molar-refractivity contribution is 5.98. The number of aromatic nitrogens is 6. The van der Waals surface area contributed by atoms with Crippen molar-refractivity contribution in [2.24, 2.45) is 5.73 Å². The summed E-state index contributed by atoms with van der Waals surface area (Å²) >= 11 is 0. The zero-order valence-electron chi connectivity index (χ0n) is 17.5. The molecule has 5 heterocycles. The first-order chi connectivity index (χ1) is 15.7. The van der Waals surface area contributed by atoms with Gasteiger partial charge in [0.2, 0.25) is 0 Å². The van der Waals surface area contributed by atoms with E-state index in [1.165, 1.54) is 0 Å². The average Bonchev–Trinajstić information content (AvgIpc) is 3.46. The van der Waals surface area contributed by atoms with Gasteiger partial charge in [-0.15, -0.1) is 0 Å². The standard InChI is InChI=1S/C25H21N7/c1-3-15(12-17(26)4-2)20-7-8-21-23(29-20)24(32-31-21)22-13-19-18(9-11-28-25(19)30-22)16-6-5-10-27-14-16/h3-14H,2,26H2,1H3,(H,28,30)(H,31,32)/b15-3+,17-12+. The minimum Gasteiger partial charge on any atom is -0.399 e. The Hall–Kier alpha value is -4.52. The predicted octanol–water partition coefficient (Wildman–Crippen LogP) is 5.00. The lowest BCUT2D eigenvalue weighted by Crippen LogP contribution is -1.95. The van der Waals surface area contributed by atoms with E-state index >= 15 is 0 Å². The maximum Gasteiger partial charge on any atom is 0.138 e. The van der Waals surface area contributed by atoms with E-state index in [9.17, 15) is 0 Å². The van der Waals surface area contributed by atoms with Crippen LogP contribution in [0.2, 0.25) is 0 Å². The molecule has 0 fully saturated rings. The Bertz CT molecular complexity index is 1500. The third-order valence-corrected chi connectivity index (χ3v) is 5.33. The van der Waals surface area contributed by atoms with Crippen LogP contribution in [0.1, 0.15) is 12.6 Å². The van der Waals surface area contributed by atoms with Crippen LogP contribution in [0.25, 0.3) is 50.2 Å². The molecule has 0 saturated carbocycles. The smallest absolute Gasteiger partial charge is 0.138 e. The van der Waals surface area contributed by atoms with Crippen molar-refractivity contribution >= 4 is 27.6 Å². The van der Waals surface area contributed by atoms with Gasteiger partial charge in [-0.05, 0) is 60.5 Å². The minimum absolute atomic E-state index is 0.581. The molecule has 0 aliphatic carbocycles. The molecule has 0 aliphatic heterocycles. The summed E-state index contributed by atoms with van der Waals surface area (Å²) in [5, 5.41) is 8.61. The van der Waals surface area contributed by atoms with Crippen LogP contribution in [0.3, 0.4) is 0 Å². The molecule has 5 aromatic heterocycles. The van der Waals surface area contributed by atoms with Crippen LogP contribution in [0.15, 0.2) is 85.5 Å². The highest BCUT2D eigenvalue weighted by atomic mass is 15.1. The van der Waals surface area contributed by atoms with E-state index in [0.717, 1.165) is 55.8 Å². The lowest BCUT2D eigenvalue weighted by Gasteiger charge is -2.03. The molecule has 0 spiro atoms. The molecule has 0 radical (unpaired) electrons. The summed E-state index contributed by atoms with van der Waals surface area (Å²) in [7, 11) is 0. The summed E-state index contributed by atoms with van der Waals surface area (Å²) in [5.41, 5.74) is 14.3. The summed E-state index contributed by atoms with van der Waals surface area (Å²) in [6.07, 6.45) is 10.8. The van der Waals surface area contributed by atoms with Crippen LogP contribution < -0.4 is 5.73 Å². The van der Waals surface area contributed by atoms with Crippen molar-refractivity contribution in [3.05, 3.63) is 91.2 Å². The second-order valence-corrected chi connectivity index (χ2v) is 7.30. The summed E-state index contributed by atoms with van der Waals surface area (Å²) in [6.45, 7) is 5.67. The van der Waals surface area contributed by atoms with E-state index in [1.807, 2.05) is 55.6 Å². The third-order valence-electron chi connectivity index (χ3n) is 5.33. The van der Waals surface area contributed by atoms with Gasteiger partial charge in [0.15, 0.2) is 0 Å². The van der Waals surface area contributed by atoms with E-state index in [1.54, 1.807) is 18.5 Å². The van der Waals surface area contributed by atoms with Gasteiger partial charge in [-0.25, -0.2) is 9.97 Å². The highest BCUT2D eigenvalue weighted by Crippen LogP contribution is 2.32. The lowest BCUT2D eigenvalue weighted by atomic mass is 10.1. The first-order valence-corrected chi connectivity index (χ1v) is 10.2. The number of aromatic amines is 2. The van der Waals surface area contributed by atoms with Gasteiger partial charge in [-0.1, -0.05) is 18.7 Å². The first-order valence-electron chi connectivity index (χ1n) is 10.2. The molecule has 0 saturated heterocycles. The van der Waals surface area contributed by atoms with Gasteiger partial charge in [0.25, 0.3) is 0 Å². The van der Waals surface area contributed by atoms with Crippen LogP contribution in [0.5, 0.6) is 0 Å². The molecule has 0 amide bonds. The quantitative estimate of drug-likeness (QED) is 0.348. The second-order valence-electron chi connectivity index (χ2n) is 7.30. The number of rotatable bonds is 5. The summed E-state index contributed by atoms with van der Waals surface area (Å²) in [6, 6.07) is 11.9. The molecule has 32 heavy (non-hydrogen) atoms. The molecular weight excluding hydrogens is 398 g/mol. The molecule has 5 rings (SSSR count). The van der Waals surface area contributed by atoms with E-state index in [0.29, 0.717) is 5.70 Å². The molecule has 4 N–H and O–H groups in total. The number of nitrogens with two attached hydrogens (primary N) is 1. The molecule has 0 atom stereocenters. The van der Waals surface area contributed by atoms with Crippen molar-refractivity contribution in [1.82, 2.24) is 30.1 Å². The number of hydrogen-bond donors (Lipinski definition) is 3. The van der Waals surface area contributed by atoms with E-state index < -0.39 is 0 Å². The third kappa shape index (κ3) is 3.35. The molecule has 0 bridgehead atoms. The van der Waals surface area contributed by atoms with E-state index in [4.69, 9.17) is 10.7 Å². The Kier molecular flexibility index (Phi) is 4.84. The van der Waals surface area contributed by atoms with E-state index in [2.05, 4.69) is 37.8 Å². The Balaban J connectivity index is 1.65. The fourth-order valence-corrected chi connectivity index (χ4v) is 3.72. The normalized spacial score (nSPS) is 12.5. The van der Waals surface area contributed by atoms with Gasteiger partial charge in [0.05, 0.1) is 16.9 Å². The zero-order valence-corrected chi connectivity index (χ0v) is 17.5. The highest BCUT2D eigenvalue weighted by Gasteiger charge is 2.16. The van der Waals surface area contributed by atoms with Crippen molar-refractivity contribution in [1.29, 1.82) is 0 Å². The molecule has 5 aromatic rings. The van der Waals surface area contributed by atoms with Crippen LogP contribution >= 0.6 is 0 Å². The summed E-state index contributed by atoms with van der Waals surface area (Å²) in [4.78, 5) is 17.0. The molecule has 7 heteroatoms. The van der Waals surface area contributed by atoms with Gasteiger partial charge < -0.3 is 10.7 Å². The molecule has 156 valence electrons. The zero-order chi connectivity index (χ0) is 22.1. The molecular formula is C25H21N7. The summed E-state index contributed by atoms with van der Waals surface area (Å²) in [5.74, 6) is 0. The van der Waals surface area contributed by atoms with Crippen LogP contribution in [0.4, 0.5) is 0 Å². The van der Waals surface area contributed by atoms with Crippen LogP contribution in [-0.4, -0.2) is 30.1 Å². The number of pyridine rings is 3. The maximum atomic E-state index is 5.95. The maximum absolute atomic E-state index is 5.95. The fraction of sp³-hybridized carbons (Fsp3) is 0.0400. The van der Waals surface area contributed by atoms with Gasteiger partial charge in [0, 0.05) is 35.2 Å². The Morgan fingerprint density at radius 1 is 1.16 bits per heavy atom. The van der Waals surface area contributed by atoms with Gasteiger partial charge >= 0.3 is 0 Å². The number of H-pyrrole nitrogens is 2. The van der Waals surface area contributed by atoms with E-state index in [-0.39, 0.29) is 0 Å². The van der Waals surface area contributed by atoms with Gasteiger partial charge in [-0.2, -0.15) is 5.10 Å². The lowest BCUT2D eigenvalue weighted by molar-refractivity contribution is 1.12. The number of hydrogen-bond acceptors (Lipinski definition) is 5. The summed E-state index contributed by atoms with van der Waals surface area (Å²) < 4.78 is 0. The SMILES string of the molecule is C=C/C(N)=C\C(=C/C)c1ccc2[nH]nc(-c3cc4c(-c5cccnc5)ccnc4[nH]3)c2n1. The number of allylic oxidation sites excluding steroid dienone is 4. The Morgan fingerprint density at radius 2 is 2.06 bits per heavy atom. The Morgan fingerprint density at radius 3 is 2.84 bits per heavy atom. The molecule has 0 unspecified atom stereocenters. The molecule has 0 aliphatic rings. The second kappa shape index (κ2) is 7.96. The minimum atomic E-state index is 0.581. The van der Waals surface area contributed by atoms with Crippen LogP contribution in [-0.2, 0) is 0 Å². The number of nitrogens with zero attached hydrogens (tertiary/aromatic N) is 4.